The first-order valence-corrected chi connectivity index (χ1v) is 5.35. The summed E-state index contributed by atoms with van der Waals surface area (Å²) in [6.07, 6.45) is 1.80. The highest BCUT2D eigenvalue weighted by Gasteiger charge is 2.29. The summed E-state index contributed by atoms with van der Waals surface area (Å²) in [7, 11) is 0. The van der Waals surface area contributed by atoms with Crippen LogP contribution in [0.3, 0.4) is 0 Å². The van der Waals surface area contributed by atoms with Gasteiger partial charge in [0.25, 0.3) is 0 Å². The Kier molecular flexibility index (Phi) is 4.80. The van der Waals surface area contributed by atoms with Crippen molar-refractivity contribution >= 4 is 5.97 Å². The summed E-state index contributed by atoms with van der Waals surface area (Å²) in [4.78, 5) is 11.5. The number of carbonyl (C=O) groups is 1. The van der Waals surface area contributed by atoms with Crippen LogP contribution in [0.15, 0.2) is 0 Å². The van der Waals surface area contributed by atoms with Gasteiger partial charge in [-0.2, -0.15) is 5.26 Å². The van der Waals surface area contributed by atoms with Crippen molar-refractivity contribution in [3.8, 4) is 6.07 Å². The molecular weight excluding hydrogens is 190 g/mol. The quantitative estimate of drug-likeness (QED) is 0.671. The van der Waals surface area contributed by atoms with E-state index in [4.69, 9.17) is 10.00 Å². The number of carbonyl (C=O) groups excluding carboxylic acids is 1. The number of nitrogens with zero attached hydrogens (tertiary/aromatic N) is 1. The molecule has 0 amide bonds. The first kappa shape index (κ1) is 14.0. The lowest BCUT2D eigenvalue weighted by Crippen LogP contribution is -2.28. The minimum Gasteiger partial charge on any atom is -0.460 e. The molecule has 86 valence electrons. The second kappa shape index (κ2) is 5.16. The molecule has 3 nitrogen and oxygen atoms in total. The van der Waals surface area contributed by atoms with Crippen LogP contribution in [0.2, 0.25) is 0 Å². The van der Waals surface area contributed by atoms with Gasteiger partial charge < -0.3 is 4.74 Å². The second-order valence-electron chi connectivity index (χ2n) is 5.19. The summed E-state index contributed by atoms with van der Waals surface area (Å²) in [6, 6.07) is 2.20. The molecule has 1 atom stereocenters. The number of rotatable bonds is 4. The van der Waals surface area contributed by atoms with E-state index in [0.29, 0.717) is 0 Å². The van der Waals surface area contributed by atoms with E-state index < -0.39 is 11.0 Å². The lowest BCUT2D eigenvalue weighted by molar-refractivity contribution is -0.156. The molecule has 0 bridgehead atoms. The van der Waals surface area contributed by atoms with Gasteiger partial charge in [-0.15, -0.1) is 0 Å². The second-order valence-corrected chi connectivity index (χ2v) is 5.19. The number of ether oxygens (including phenoxy) is 1. The molecule has 0 aromatic carbocycles. The third kappa shape index (κ3) is 6.11. The van der Waals surface area contributed by atoms with Gasteiger partial charge in [0.1, 0.15) is 5.60 Å². The minimum absolute atomic E-state index is 0.175. The van der Waals surface area contributed by atoms with Crippen LogP contribution < -0.4 is 0 Å². The maximum absolute atomic E-state index is 11.5. The van der Waals surface area contributed by atoms with Gasteiger partial charge in [-0.3, -0.25) is 4.79 Å². The molecule has 0 radical (unpaired) electrons. The average molecular weight is 211 g/mol. The number of nitriles is 1. The van der Waals surface area contributed by atoms with E-state index in [1.54, 1.807) is 6.92 Å². The highest BCUT2D eigenvalue weighted by Crippen LogP contribution is 2.27. The largest absolute Gasteiger partial charge is 0.460 e. The fourth-order valence-corrected chi connectivity index (χ4v) is 1.43. The Bertz CT molecular complexity index is 260. The summed E-state index contributed by atoms with van der Waals surface area (Å²) in [5, 5.41) is 9.01. The predicted octanol–water partition coefficient (Wildman–Crippen LogP) is 3.05. The van der Waals surface area contributed by atoms with Gasteiger partial charge in [0.2, 0.25) is 0 Å². The summed E-state index contributed by atoms with van der Waals surface area (Å²) < 4.78 is 5.19. The topological polar surface area (TPSA) is 50.1 Å². The van der Waals surface area contributed by atoms with Gasteiger partial charge in [0, 0.05) is 0 Å². The third-order valence-electron chi connectivity index (χ3n) is 2.03. The van der Waals surface area contributed by atoms with E-state index in [1.165, 1.54) is 0 Å². The van der Waals surface area contributed by atoms with Gasteiger partial charge >= 0.3 is 5.97 Å². The maximum atomic E-state index is 11.5. The van der Waals surface area contributed by atoms with E-state index in [2.05, 4.69) is 6.07 Å². The molecule has 0 spiro atoms. The Balaban J connectivity index is 4.33. The predicted molar refractivity (Wildman–Crippen MR) is 59.1 cm³/mol. The van der Waals surface area contributed by atoms with Crippen LogP contribution in [0.5, 0.6) is 0 Å². The standard InChI is InChI=1S/C12H21NO2/c1-6-7-12(5,9-13)8-10(14)15-11(2,3)4/h6-8H2,1-5H3. The Hall–Kier alpha value is -1.04. The Labute approximate surface area is 92.4 Å². The summed E-state index contributed by atoms with van der Waals surface area (Å²) in [6.45, 7) is 9.29. The van der Waals surface area contributed by atoms with Crippen LogP contribution in [0.4, 0.5) is 0 Å². The van der Waals surface area contributed by atoms with E-state index in [1.807, 2.05) is 27.7 Å². The van der Waals surface area contributed by atoms with Crippen LogP contribution in [0, 0.1) is 16.7 Å². The van der Waals surface area contributed by atoms with E-state index >= 15 is 0 Å². The van der Waals surface area contributed by atoms with Crippen molar-refractivity contribution < 1.29 is 9.53 Å². The molecule has 3 heteroatoms. The first-order chi connectivity index (χ1) is 6.72. The molecule has 0 aliphatic heterocycles. The molecule has 0 fully saturated rings. The Morgan fingerprint density at radius 2 is 1.87 bits per heavy atom. The van der Waals surface area contributed by atoms with Crippen LogP contribution >= 0.6 is 0 Å². The number of esters is 1. The molecule has 0 heterocycles. The highest BCUT2D eigenvalue weighted by molar-refractivity contribution is 5.71. The average Bonchev–Trinajstić information content (AvgIpc) is 2.00. The molecular formula is C12H21NO2. The molecule has 15 heavy (non-hydrogen) atoms. The normalized spacial score (nSPS) is 15.2. The van der Waals surface area contributed by atoms with Crippen molar-refractivity contribution in [2.75, 3.05) is 0 Å². The van der Waals surface area contributed by atoms with Gasteiger partial charge in [0.05, 0.1) is 17.9 Å². The van der Waals surface area contributed by atoms with Crippen molar-refractivity contribution in [2.24, 2.45) is 5.41 Å². The fraction of sp³-hybridized carbons (Fsp3) is 0.833. The zero-order valence-corrected chi connectivity index (χ0v) is 10.4. The molecule has 0 aliphatic carbocycles. The number of hydrogen-bond acceptors (Lipinski definition) is 3. The van der Waals surface area contributed by atoms with Gasteiger partial charge in [-0.1, -0.05) is 13.3 Å². The Morgan fingerprint density at radius 1 is 1.33 bits per heavy atom. The molecule has 0 rings (SSSR count). The van der Waals surface area contributed by atoms with Crippen LogP contribution in [-0.4, -0.2) is 11.6 Å². The Morgan fingerprint density at radius 3 is 2.20 bits per heavy atom. The van der Waals surface area contributed by atoms with E-state index in [9.17, 15) is 4.79 Å². The lowest BCUT2D eigenvalue weighted by Gasteiger charge is -2.24. The van der Waals surface area contributed by atoms with Gasteiger partial charge in [0.15, 0.2) is 0 Å². The molecule has 1 unspecified atom stereocenters. The monoisotopic (exact) mass is 211 g/mol. The molecule has 0 aromatic rings. The van der Waals surface area contributed by atoms with Gasteiger partial charge in [-0.25, -0.2) is 0 Å². The zero-order valence-electron chi connectivity index (χ0n) is 10.4. The van der Waals surface area contributed by atoms with Crippen molar-refractivity contribution in [2.45, 2.75) is 59.5 Å². The molecule has 0 saturated carbocycles. The van der Waals surface area contributed by atoms with Crippen LogP contribution in [-0.2, 0) is 9.53 Å². The van der Waals surface area contributed by atoms with Crippen LogP contribution in [0.25, 0.3) is 0 Å². The molecule has 0 saturated heterocycles. The summed E-state index contributed by atoms with van der Waals surface area (Å²) in [5.74, 6) is -0.292. The highest BCUT2D eigenvalue weighted by atomic mass is 16.6. The SMILES string of the molecule is CCCC(C)(C#N)CC(=O)OC(C)(C)C. The van der Waals surface area contributed by atoms with E-state index in [0.717, 1.165) is 12.8 Å². The number of hydrogen-bond donors (Lipinski definition) is 0. The molecule has 0 aromatic heterocycles. The van der Waals surface area contributed by atoms with E-state index in [-0.39, 0.29) is 12.4 Å². The van der Waals surface area contributed by atoms with Crippen molar-refractivity contribution in [3.63, 3.8) is 0 Å². The molecule has 0 aliphatic rings. The lowest BCUT2D eigenvalue weighted by atomic mass is 9.84. The molecule has 0 N–H and O–H groups in total. The maximum Gasteiger partial charge on any atom is 0.307 e. The zero-order chi connectivity index (χ0) is 12.1. The summed E-state index contributed by atoms with van der Waals surface area (Å²) >= 11 is 0. The summed E-state index contributed by atoms with van der Waals surface area (Å²) in [5.41, 5.74) is -1.06. The van der Waals surface area contributed by atoms with Gasteiger partial charge in [-0.05, 0) is 34.1 Å². The van der Waals surface area contributed by atoms with Crippen molar-refractivity contribution in [1.82, 2.24) is 0 Å². The third-order valence-corrected chi connectivity index (χ3v) is 2.03. The smallest absolute Gasteiger partial charge is 0.307 e. The first-order valence-electron chi connectivity index (χ1n) is 5.35. The minimum atomic E-state index is -0.586. The van der Waals surface area contributed by atoms with Crippen LogP contribution in [0.1, 0.15) is 53.9 Å². The van der Waals surface area contributed by atoms with Crippen molar-refractivity contribution in [3.05, 3.63) is 0 Å². The van der Waals surface area contributed by atoms with Crippen molar-refractivity contribution in [1.29, 1.82) is 5.26 Å². The fourth-order valence-electron chi connectivity index (χ4n) is 1.43.